The van der Waals surface area contributed by atoms with E-state index in [0.29, 0.717) is 48.7 Å². The minimum atomic E-state index is -0.825. The Balaban J connectivity index is 1.41. The number of carboxylic acids is 1. The first kappa shape index (κ1) is 24.1. The lowest BCUT2D eigenvalue weighted by atomic mass is 9.58. The maximum Gasteiger partial charge on any atom is 0.307 e. The number of aromatic amines is 1. The van der Waals surface area contributed by atoms with Gasteiger partial charge in [-0.2, -0.15) is 4.39 Å². The Morgan fingerprint density at radius 2 is 1.86 bits per heavy atom. The van der Waals surface area contributed by atoms with Gasteiger partial charge in [0.15, 0.2) is 23.1 Å². The number of hydrogen-bond donors (Lipinski definition) is 3. The van der Waals surface area contributed by atoms with Crippen LogP contribution in [0.25, 0.3) is 22.6 Å². The summed E-state index contributed by atoms with van der Waals surface area (Å²) in [6.07, 6.45) is 6.81. The zero-order valence-electron chi connectivity index (χ0n) is 20.1. The minimum absolute atomic E-state index is 0.0496. The molecule has 3 saturated carbocycles. The molecule has 10 nitrogen and oxygen atoms in total. The van der Waals surface area contributed by atoms with Crippen molar-refractivity contribution in [1.29, 1.82) is 0 Å². The molecule has 1 aliphatic heterocycles. The Kier molecular flexibility index (Phi) is 6.20. The van der Waals surface area contributed by atoms with Crippen molar-refractivity contribution < 1.29 is 19.0 Å². The van der Waals surface area contributed by atoms with E-state index in [1.54, 1.807) is 6.20 Å². The lowest BCUT2D eigenvalue weighted by molar-refractivity contribution is -0.150. The van der Waals surface area contributed by atoms with Crippen molar-refractivity contribution in [2.75, 3.05) is 36.5 Å². The van der Waals surface area contributed by atoms with Gasteiger partial charge < -0.3 is 25.0 Å². The number of aromatic nitrogens is 5. The van der Waals surface area contributed by atoms with Crippen molar-refractivity contribution in [3.05, 3.63) is 35.6 Å². The summed E-state index contributed by atoms with van der Waals surface area (Å²) >= 11 is 6.09. The molecule has 12 heteroatoms. The lowest BCUT2D eigenvalue weighted by Gasteiger charge is -2.47. The molecule has 4 fully saturated rings. The van der Waals surface area contributed by atoms with E-state index in [0.717, 1.165) is 25.7 Å². The highest BCUT2D eigenvalue weighted by atomic mass is 35.5. The number of aliphatic carboxylic acids is 1. The van der Waals surface area contributed by atoms with Crippen LogP contribution in [0.3, 0.4) is 0 Å². The second-order valence-corrected chi connectivity index (χ2v) is 10.3. The summed E-state index contributed by atoms with van der Waals surface area (Å²) in [6.45, 7) is 6.03. The number of ether oxygens (including phenoxy) is 1. The first-order valence-electron chi connectivity index (χ1n) is 12.5. The van der Waals surface area contributed by atoms with Gasteiger partial charge in [0, 0.05) is 30.9 Å². The van der Waals surface area contributed by atoms with Crippen molar-refractivity contribution in [2.24, 2.45) is 23.7 Å². The highest BCUT2D eigenvalue weighted by Gasteiger charge is 2.48. The number of nitrogens with one attached hydrogen (secondary N) is 2. The SMILES string of the molecule is C=C(Nc1nc(-c2c[nH]c3ncc(Cl)nc23)nc(N2CCOCC2)c1F)C1C2CCC(CC2)[C@@H]1C(=O)O. The summed E-state index contributed by atoms with van der Waals surface area (Å²) in [5.74, 6) is -1.66. The number of halogens is 2. The number of allylic oxidation sites excluding steroid dienone is 1. The van der Waals surface area contributed by atoms with Crippen LogP contribution >= 0.6 is 11.6 Å². The highest BCUT2D eigenvalue weighted by Crippen LogP contribution is 2.51. The Morgan fingerprint density at radius 1 is 1.16 bits per heavy atom. The van der Waals surface area contributed by atoms with E-state index in [2.05, 4.69) is 36.8 Å². The van der Waals surface area contributed by atoms with Gasteiger partial charge in [0.1, 0.15) is 10.7 Å². The van der Waals surface area contributed by atoms with Crippen LogP contribution in [0.2, 0.25) is 5.15 Å². The first-order valence-corrected chi connectivity index (χ1v) is 12.9. The summed E-state index contributed by atoms with van der Waals surface area (Å²) in [5, 5.41) is 13.3. The maximum absolute atomic E-state index is 15.9. The molecule has 2 bridgehead atoms. The zero-order valence-corrected chi connectivity index (χ0v) is 20.8. The monoisotopic (exact) mass is 527 g/mol. The van der Waals surface area contributed by atoms with Crippen molar-refractivity contribution in [3.63, 3.8) is 0 Å². The van der Waals surface area contributed by atoms with Crippen LogP contribution in [0, 0.1) is 29.5 Å². The van der Waals surface area contributed by atoms with E-state index in [1.165, 1.54) is 6.20 Å². The average Bonchev–Trinajstić information content (AvgIpc) is 3.33. The normalized spacial score (nSPS) is 25.4. The third kappa shape index (κ3) is 4.29. The smallest absolute Gasteiger partial charge is 0.307 e. The quantitative estimate of drug-likeness (QED) is 0.433. The molecular weight excluding hydrogens is 501 g/mol. The van der Waals surface area contributed by atoms with E-state index < -0.39 is 17.7 Å². The summed E-state index contributed by atoms with van der Waals surface area (Å²) in [7, 11) is 0. The molecule has 194 valence electrons. The molecule has 2 atom stereocenters. The number of H-pyrrole nitrogens is 1. The molecule has 4 heterocycles. The number of nitrogens with zero attached hydrogens (tertiary/aromatic N) is 5. The van der Waals surface area contributed by atoms with Crippen LogP contribution in [0.4, 0.5) is 16.0 Å². The van der Waals surface area contributed by atoms with Crippen LogP contribution in [-0.4, -0.2) is 62.3 Å². The first-order chi connectivity index (χ1) is 17.9. The maximum atomic E-state index is 15.9. The molecule has 37 heavy (non-hydrogen) atoms. The van der Waals surface area contributed by atoms with Gasteiger partial charge in [-0.05, 0) is 37.5 Å². The Bertz CT molecular complexity index is 1370. The van der Waals surface area contributed by atoms with Gasteiger partial charge >= 0.3 is 5.97 Å². The molecule has 3 aromatic rings. The van der Waals surface area contributed by atoms with Crippen molar-refractivity contribution >= 4 is 40.4 Å². The average molecular weight is 528 g/mol. The van der Waals surface area contributed by atoms with Crippen LogP contribution in [-0.2, 0) is 9.53 Å². The van der Waals surface area contributed by atoms with E-state index >= 15 is 4.39 Å². The summed E-state index contributed by atoms with van der Waals surface area (Å²) < 4.78 is 21.4. The molecule has 1 saturated heterocycles. The minimum Gasteiger partial charge on any atom is -0.481 e. The summed E-state index contributed by atoms with van der Waals surface area (Å²) in [5.41, 5.74) is 1.96. The van der Waals surface area contributed by atoms with Crippen molar-refractivity contribution in [2.45, 2.75) is 25.7 Å². The van der Waals surface area contributed by atoms with Gasteiger partial charge in [0.2, 0.25) is 5.82 Å². The second kappa shape index (κ2) is 9.53. The Labute approximate surface area is 217 Å². The fraction of sp³-hybridized carbons (Fsp3) is 0.480. The number of carbonyl (C=O) groups is 1. The highest BCUT2D eigenvalue weighted by molar-refractivity contribution is 6.29. The van der Waals surface area contributed by atoms with Crippen molar-refractivity contribution in [1.82, 2.24) is 24.9 Å². The fourth-order valence-electron chi connectivity index (χ4n) is 6.21. The third-order valence-electron chi connectivity index (χ3n) is 7.92. The zero-order chi connectivity index (χ0) is 25.7. The number of rotatable bonds is 6. The molecule has 4 aliphatic rings. The van der Waals surface area contributed by atoms with Gasteiger partial charge in [-0.15, -0.1) is 0 Å². The van der Waals surface area contributed by atoms with E-state index in [1.807, 2.05) is 4.90 Å². The molecule has 0 spiro atoms. The standard InChI is InChI=1S/C25H27ClFN7O3/c1-12(17-13-2-4-14(5-3-13)18(17)25(35)36)30-22-19(27)24(34-6-8-37-9-7-34)33-21(32-22)15-10-28-23-20(15)31-16(26)11-29-23/h10-11,13-14,17-18H,1-9H2,(H,28,29)(H,35,36)(H,30,32,33)/t13?,14?,17?,18-/m0/s1. The molecule has 7 rings (SSSR count). The van der Waals surface area contributed by atoms with Gasteiger partial charge in [0.05, 0.1) is 30.9 Å². The lowest BCUT2D eigenvalue weighted by Crippen LogP contribution is -2.45. The van der Waals surface area contributed by atoms with Gasteiger partial charge in [0.25, 0.3) is 0 Å². The topological polar surface area (TPSA) is 129 Å². The van der Waals surface area contributed by atoms with E-state index in [9.17, 15) is 9.90 Å². The number of anilines is 2. The van der Waals surface area contributed by atoms with Gasteiger partial charge in [-0.25, -0.2) is 19.9 Å². The van der Waals surface area contributed by atoms with Gasteiger partial charge in [-0.1, -0.05) is 18.2 Å². The number of hydrogen-bond acceptors (Lipinski definition) is 8. The Morgan fingerprint density at radius 3 is 2.57 bits per heavy atom. The molecule has 0 aromatic carbocycles. The number of fused-ring (bicyclic) bond motifs is 4. The summed E-state index contributed by atoms with van der Waals surface area (Å²) in [4.78, 5) is 34.7. The molecule has 0 amide bonds. The fourth-order valence-corrected chi connectivity index (χ4v) is 6.34. The van der Waals surface area contributed by atoms with E-state index in [4.69, 9.17) is 16.3 Å². The Hall–Kier alpha value is -3.31. The second-order valence-electron chi connectivity index (χ2n) is 9.94. The molecule has 0 radical (unpaired) electrons. The third-order valence-corrected chi connectivity index (χ3v) is 8.10. The molecule has 3 aromatic heterocycles. The van der Waals surface area contributed by atoms with E-state index in [-0.39, 0.29) is 40.4 Å². The molecule has 1 unspecified atom stereocenters. The predicted octanol–water partition coefficient (Wildman–Crippen LogP) is 4.11. The van der Waals surface area contributed by atoms with Crippen LogP contribution < -0.4 is 10.2 Å². The number of carboxylic acid groups (broad SMARTS) is 1. The summed E-state index contributed by atoms with van der Waals surface area (Å²) in [6, 6.07) is 0. The molecular formula is C25H27ClFN7O3. The predicted molar refractivity (Wildman–Crippen MR) is 136 cm³/mol. The van der Waals surface area contributed by atoms with Crippen LogP contribution in [0.5, 0.6) is 0 Å². The molecule has 3 aliphatic carbocycles. The van der Waals surface area contributed by atoms with Gasteiger partial charge in [-0.3, -0.25) is 4.79 Å². The largest absolute Gasteiger partial charge is 0.481 e. The van der Waals surface area contributed by atoms with Crippen LogP contribution in [0.15, 0.2) is 24.7 Å². The molecule has 3 N–H and O–H groups in total. The van der Waals surface area contributed by atoms with Crippen LogP contribution in [0.1, 0.15) is 25.7 Å². The van der Waals surface area contributed by atoms with Crippen molar-refractivity contribution in [3.8, 4) is 11.4 Å². The number of morpholine rings is 1.